The Kier molecular flexibility index (Phi) is 4.88. The van der Waals surface area contributed by atoms with Crippen LogP contribution in [0.25, 0.3) is 0 Å². The van der Waals surface area contributed by atoms with Crippen LogP contribution in [0.5, 0.6) is 0 Å². The van der Waals surface area contributed by atoms with Crippen molar-refractivity contribution in [1.29, 1.82) is 0 Å². The molecule has 16 heavy (non-hydrogen) atoms. The van der Waals surface area contributed by atoms with Gasteiger partial charge in [0.25, 0.3) is 0 Å². The molecular formula is C11H13Br2NOS. The molecular weight excluding hydrogens is 354 g/mol. The Morgan fingerprint density at radius 3 is 2.12 bits per heavy atom. The van der Waals surface area contributed by atoms with E-state index in [2.05, 4.69) is 36.3 Å². The van der Waals surface area contributed by atoms with Crippen LogP contribution in [0.2, 0.25) is 0 Å². The molecule has 0 aliphatic heterocycles. The molecule has 0 saturated carbocycles. The summed E-state index contributed by atoms with van der Waals surface area (Å²) in [5.41, 5.74) is 0.916. The summed E-state index contributed by atoms with van der Waals surface area (Å²) < 4.78 is 17.4. The Hall–Kier alpha value is -0.000000000000000111. The van der Waals surface area contributed by atoms with Crippen molar-refractivity contribution >= 4 is 49.1 Å². The lowest BCUT2D eigenvalue weighted by molar-refractivity contribution is 0.651. The maximum Gasteiger partial charge on any atom is 0.144 e. The monoisotopic (exact) mass is 365 g/mol. The second-order valence-corrected chi connectivity index (χ2v) is 8.06. The molecule has 0 aliphatic carbocycles. The van der Waals surface area contributed by atoms with Crippen molar-refractivity contribution in [1.82, 2.24) is 0 Å². The minimum Gasteiger partial charge on any atom is -0.234 e. The predicted molar refractivity (Wildman–Crippen MR) is 77.3 cm³/mol. The van der Waals surface area contributed by atoms with Crippen LogP contribution < -0.4 is 0 Å². The van der Waals surface area contributed by atoms with Crippen molar-refractivity contribution in [2.45, 2.75) is 25.5 Å². The standard InChI is InChI=1S/C11H13Br2NOS/c1-11(2,3)16(15)14-7-8-4-9(12)6-10(13)5-8/h4-7H,1-3H3/b14-7+. The van der Waals surface area contributed by atoms with Gasteiger partial charge in [-0.3, -0.25) is 0 Å². The lowest BCUT2D eigenvalue weighted by Gasteiger charge is -2.12. The van der Waals surface area contributed by atoms with E-state index in [1.807, 2.05) is 39.0 Å². The van der Waals surface area contributed by atoms with Gasteiger partial charge < -0.3 is 0 Å². The predicted octanol–water partition coefficient (Wildman–Crippen LogP) is 4.09. The number of rotatable bonds is 2. The Balaban J connectivity index is 2.89. The zero-order valence-electron chi connectivity index (χ0n) is 9.33. The van der Waals surface area contributed by atoms with Gasteiger partial charge in [-0.1, -0.05) is 31.9 Å². The van der Waals surface area contributed by atoms with Crippen molar-refractivity contribution in [2.75, 3.05) is 0 Å². The SMILES string of the molecule is CC(C)(C)S(=O)/N=C/c1cc(Br)cc(Br)c1. The summed E-state index contributed by atoms with van der Waals surface area (Å²) >= 11 is 6.78. The van der Waals surface area contributed by atoms with Gasteiger partial charge in [0.05, 0.1) is 4.75 Å². The van der Waals surface area contributed by atoms with Crippen molar-refractivity contribution in [3.63, 3.8) is 0 Å². The maximum absolute atomic E-state index is 11.7. The molecule has 0 radical (unpaired) electrons. The number of nitrogens with zero attached hydrogens (tertiary/aromatic N) is 1. The van der Waals surface area contributed by atoms with Gasteiger partial charge in [-0.2, -0.15) is 4.40 Å². The van der Waals surface area contributed by atoms with Gasteiger partial charge in [0.15, 0.2) is 0 Å². The average molecular weight is 367 g/mol. The first-order valence-electron chi connectivity index (χ1n) is 4.71. The molecule has 1 aromatic rings. The highest BCUT2D eigenvalue weighted by Crippen LogP contribution is 2.19. The minimum absolute atomic E-state index is 0.320. The van der Waals surface area contributed by atoms with Gasteiger partial charge in [-0.05, 0) is 44.5 Å². The van der Waals surface area contributed by atoms with E-state index in [9.17, 15) is 4.21 Å². The molecule has 88 valence electrons. The highest BCUT2D eigenvalue weighted by atomic mass is 79.9. The number of hydrogen-bond acceptors (Lipinski definition) is 1. The quantitative estimate of drug-likeness (QED) is 0.724. The molecule has 0 saturated heterocycles. The van der Waals surface area contributed by atoms with E-state index in [0.29, 0.717) is 0 Å². The Labute approximate surface area is 115 Å². The third kappa shape index (κ3) is 4.47. The number of benzene rings is 1. The highest BCUT2D eigenvalue weighted by molar-refractivity contribution is 9.11. The van der Waals surface area contributed by atoms with Crippen LogP contribution in [0.4, 0.5) is 0 Å². The maximum atomic E-state index is 11.7. The summed E-state index contributed by atoms with van der Waals surface area (Å²) in [7, 11) is -1.21. The van der Waals surface area contributed by atoms with Gasteiger partial charge in [0.2, 0.25) is 0 Å². The van der Waals surface area contributed by atoms with Crippen LogP contribution >= 0.6 is 31.9 Å². The fourth-order valence-corrected chi connectivity index (χ4v) is 2.78. The summed E-state index contributed by atoms with van der Waals surface area (Å²) in [5.74, 6) is 0. The van der Waals surface area contributed by atoms with E-state index in [1.165, 1.54) is 0 Å². The minimum atomic E-state index is -1.21. The molecule has 0 bridgehead atoms. The molecule has 0 amide bonds. The van der Waals surface area contributed by atoms with Gasteiger partial charge in [-0.15, -0.1) is 0 Å². The van der Waals surface area contributed by atoms with Crippen molar-refractivity contribution in [3.05, 3.63) is 32.7 Å². The second kappa shape index (κ2) is 5.56. The molecule has 0 N–H and O–H groups in total. The van der Waals surface area contributed by atoms with E-state index < -0.39 is 11.0 Å². The van der Waals surface area contributed by atoms with E-state index in [4.69, 9.17) is 0 Å². The van der Waals surface area contributed by atoms with Gasteiger partial charge in [0, 0.05) is 15.2 Å². The molecule has 1 unspecified atom stereocenters. The molecule has 0 fully saturated rings. The lowest BCUT2D eigenvalue weighted by atomic mass is 10.2. The lowest BCUT2D eigenvalue weighted by Crippen LogP contribution is -2.19. The van der Waals surface area contributed by atoms with E-state index in [-0.39, 0.29) is 4.75 Å². The van der Waals surface area contributed by atoms with E-state index in [0.717, 1.165) is 14.5 Å². The Morgan fingerprint density at radius 2 is 1.69 bits per heavy atom. The molecule has 1 atom stereocenters. The topological polar surface area (TPSA) is 29.4 Å². The fraction of sp³-hybridized carbons (Fsp3) is 0.364. The zero-order valence-corrected chi connectivity index (χ0v) is 13.3. The second-order valence-electron chi connectivity index (χ2n) is 4.30. The van der Waals surface area contributed by atoms with E-state index >= 15 is 0 Å². The van der Waals surface area contributed by atoms with Crippen molar-refractivity contribution < 1.29 is 4.21 Å². The number of hydrogen-bond donors (Lipinski definition) is 0. The van der Waals surface area contributed by atoms with Crippen molar-refractivity contribution in [3.8, 4) is 0 Å². The smallest absolute Gasteiger partial charge is 0.144 e. The van der Waals surface area contributed by atoms with Crippen LogP contribution in [0, 0.1) is 0 Å². The summed E-state index contributed by atoms with van der Waals surface area (Å²) in [6.45, 7) is 5.70. The van der Waals surface area contributed by atoms with Crippen LogP contribution in [0.3, 0.4) is 0 Å². The first-order chi connectivity index (χ1) is 7.29. The highest BCUT2D eigenvalue weighted by Gasteiger charge is 2.18. The molecule has 0 aromatic heterocycles. The first-order valence-corrected chi connectivity index (χ1v) is 7.40. The summed E-state index contributed by atoms with van der Waals surface area (Å²) in [6.07, 6.45) is 1.64. The van der Waals surface area contributed by atoms with E-state index in [1.54, 1.807) is 6.21 Å². The van der Waals surface area contributed by atoms with Crippen LogP contribution in [0.15, 0.2) is 31.5 Å². The third-order valence-electron chi connectivity index (χ3n) is 1.71. The third-order valence-corrected chi connectivity index (χ3v) is 3.97. The molecule has 5 heteroatoms. The molecule has 2 nitrogen and oxygen atoms in total. The van der Waals surface area contributed by atoms with Crippen LogP contribution in [0.1, 0.15) is 26.3 Å². The zero-order chi connectivity index (χ0) is 12.3. The first kappa shape index (κ1) is 14.1. The van der Waals surface area contributed by atoms with Gasteiger partial charge >= 0.3 is 0 Å². The molecule has 0 aliphatic rings. The summed E-state index contributed by atoms with van der Waals surface area (Å²) in [6, 6.07) is 5.79. The summed E-state index contributed by atoms with van der Waals surface area (Å²) in [5, 5.41) is 0. The van der Waals surface area contributed by atoms with Crippen LogP contribution in [-0.4, -0.2) is 15.2 Å². The number of halogens is 2. The molecule has 1 rings (SSSR count). The molecule has 0 heterocycles. The van der Waals surface area contributed by atoms with Gasteiger partial charge in [0.1, 0.15) is 11.0 Å². The largest absolute Gasteiger partial charge is 0.234 e. The van der Waals surface area contributed by atoms with Crippen molar-refractivity contribution in [2.24, 2.45) is 4.40 Å². The van der Waals surface area contributed by atoms with Gasteiger partial charge in [-0.25, -0.2) is 4.21 Å². The normalized spacial score (nSPS) is 14.3. The Bertz CT molecular complexity index is 418. The summed E-state index contributed by atoms with van der Waals surface area (Å²) in [4.78, 5) is 0. The average Bonchev–Trinajstić information content (AvgIpc) is 2.11. The fourth-order valence-electron chi connectivity index (χ4n) is 0.917. The van der Waals surface area contributed by atoms with Crippen LogP contribution in [-0.2, 0) is 11.0 Å². The molecule has 0 spiro atoms. The Morgan fingerprint density at radius 1 is 1.19 bits per heavy atom. The molecule has 1 aromatic carbocycles.